The van der Waals surface area contributed by atoms with E-state index in [-0.39, 0.29) is 5.82 Å². The van der Waals surface area contributed by atoms with E-state index in [1.807, 2.05) is 17.6 Å². The van der Waals surface area contributed by atoms with Crippen LogP contribution in [0.3, 0.4) is 0 Å². The number of nitrogens with zero attached hydrogens (tertiary/aromatic N) is 3. The first-order valence-corrected chi connectivity index (χ1v) is 8.61. The van der Waals surface area contributed by atoms with E-state index < -0.39 is 0 Å². The van der Waals surface area contributed by atoms with Crippen molar-refractivity contribution in [1.29, 1.82) is 0 Å². The quantitative estimate of drug-likeness (QED) is 0.450. The first-order valence-electron chi connectivity index (χ1n) is 7.25. The normalized spacial score (nSPS) is 11.0. The molecule has 0 saturated carbocycles. The maximum Gasteiger partial charge on any atom is 0.192 e. The van der Waals surface area contributed by atoms with Crippen LogP contribution in [0.5, 0.6) is 0 Å². The predicted molar refractivity (Wildman–Crippen MR) is 93.6 cm³/mol. The van der Waals surface area contributed by atoms with Gasteiger partial charge in [-0.1, -0.05) is 35.5 Å². The Morgan fingerprint density at radius 2 is 2.21 bits per heavy atom. The third-order valence-electron chi connectivity index (χ3n) is 3.50. The lowest BCUT2D eigenvalue weighted by Gasteiger charge is -2.08. The van der Waals surface area contributed by atoms with E-state index in [1.54, 1.807) is 18.4 Å². The number of rotatable bonds is 6. The molecule has 2 heterocycles. The van der Waals surface area contributed by atoms with Gasteiger partial charge in [-0.3, -0.25) is 4.57 Å². The number of hydrogen-bond acceptors (Lipinski definition) is 4. The van der Waals surface area contributed by atoms with Gasteiger partial charge >= 0.3 is 0 Å². The van der Waals surface area contributed by atoms with Crippen LogP contribution in [-0.4, -0.2) is 14.8 Å². The Balaban J connectivity index is 1.87. The summed E-state index contributed by atoms with van der Waals surface area (Å²) >= 11 is 7.57. The van der Waals surface area contributed by atoms with Gasteiger partial charge in [-0.25, -0.2) is 4.39 Å². The van der Waals surface area contributed by atoms with Crippen molar-refractivity contribution in [1.82, 2.24) is 14.8 Å². The van der Waals surface area contributed by atoms with Crippen LogP contribution in [0.25, 0.3) is 11.4 Å². The highest BCUT2D eigenvalue weighted by Crippen LogP contribution is 2.30. The maximum atomic E-state index is 13.1. The van der Waals surface area contributed by atoms with E-state index in [2.05, 4.69) is 16.8 Å². The number of allylic oxidation sites excluding steroid dienone is 1. The molecule has 0 atom stereocenters. The molecule has 0 aliphatic rings. The second-order valence-electron chi connectivity index (χ2n) is 5.12. The molecule has 124 valence electrons. The fraction of sp³-hybridized carbons (Fsp3) is 0.176. The van der Waals surface area contributed by atoms with E-state index in [4.69, 9.17) is 16.0 Å². The molecule has 0 N–H and O–H groups in total. The van der Waals surface area contributed by atoms with Crippen molar-refractivity contribution in [2.24, 2.45) is 0 Å². The smallest absolute Gasteiger partial charge is 0.192 e. The van der Waals surface area contributed by atoms with Crippen LogP contribution in [0, 0.1) is 12.7 Å². The molecule has 2 aromatic heterocycles. The summed E-state index contributed by atoms with van der Waals surface area (Å²) in [6.07, 6.45) is 3.42. The Morgan fingerprint density at radius 1 is 1.38 bits per heavy atom. The number of halogens is 2. The summed E-state index contributed by atoms with van der Waals surface area (Å²) in [4.78, 5) is 0. The monoisotopic (exact) mass is 363 g/mol. The Kier molecular flexibility index (Phi) is 5.06. The Labute approximate surface area is 148 Å². The Morgan fingerprint density at radius 3 is 2.88 bits per heavy atom. The van der Waals surface area contributed by atoms with Gasteiger partial charge in [0.05, 0.1) is 11.8 Å². The topological polar surface area (TPSA) is 43.9 Å². The first-order chi connectivity index (χ1) is 11.6. The van der Waals surface area contributed by atoms with Gasteiger partial charge in [-0.2, -0.15) is 0 Å². The summed E-state index contributed by atoms with van der Waals surface area (Å²) < 4.78 is 20.5. The van der Waals surface area contributed by atoms with Gasteiger partial charge in [0, 0.05) is 17.3 Å². The highest BCUT2D eigenvalue weighted by atomic mass is 35.5. The minimum absolute atomic E-state index is 0.346. The van der Waals surface area contributed by atoms with Gasteiger partial charge in [0.2, 0.25) is 0 Å². The van der Waals surface area contributed by atoms with Crippen molar-refractivity contribution in [3.8, 4) is 11.4 Å². The van der Waals surface area contributed by atoms with Crippen molar-refractivity contribution in [3.05, 3.63) is 65.3 Å². The molecule has 0 saturated heterocycles. The average Bonchev–Trinajstić information content (AvgIpc) is 3.13. The van der Waals surface area contributed by atoms with E-state index in [0.29, 0.717) is 17.3 Å². The van der Waals surface area contributed by atoms with Gasteiger partial charge in [0.15, 0.2) is 11.0 Å². The SMILES string of the molecule is C=CCn1c(SCc2ccc(F)cc2Cl)nnc1-c1ccoc1C. The zero-order valence-electron chi connectivity index (χ0n) is 13.0. The summed E-state index contributed by atoms with van der Waals surface area (Å²) in [6.45, 7) is 6.25. The van der Waals surface area contributed by atoms with Gasteiger partial charge in [-0.15, -0.1) is 16.8 Å². The van der Waals surface area contributed by atoms with Gasteiger partial charge in [0.1, 0.15) is 11.6 Å². The minimum atomic E-state index is -0.346. The van der Waals surface area contributed by atoms with Crippen LogP contribution < -0.4 is 0 Å². The standard InChI is InChI=1S/C17H15ClFN3OS/c1-3-7-22-16(14-6-8-23-11(14)2)20-21-17(22)24-10-12-4-5-13(19)9-15(12)18/h3-6,8-9H,1,7,10H2,2H3. The molecule has 1 aromatic carbocycles. The Bertz CT molecular complexity index is 875. The minimum Gasteiger partial charge on any atom is -0.469 e. The molecule has 4 nitrogen and oxygen atoms in total. The molecular weight excluding hydrogens is 349 g/mol. The van der Waals surface area contributed by atoms with Crippen LogP contribution in [0.15, 0.2) is 52.8 Å². The van der Waals surface area contributed by atoms with Crippen molar-refractivity contribution in [2.45, 2.75) is 24.4 Å². The van der Waals surface area contributed by atoms with E-state index in [9.17, 15) is 4.39 Å². The largest absolute Gasteiger partial charge is 0.469 e. The van der Waals surface area contributed by atoms with Gasteiger partial charge < -0.3 is 4.42 Å². The molecule has 0 spiro atoms. The molecule has 0 bridgehead atoms. The summed E-state index contributed by atoms with van der Waals surface area (Å²) in [7, 11) is 0. The molecular formula is C17H15ClFN3OS. The molecule has 24 heavy (non-hydrogen) atoms. The molecule has 0 amide bonds. The van der Waals surface area contributed by atoms with E-state index >= 15 is 0 Å². The summed E-state index contributed by atoms with van der Waals surface area (Å²) in [5, 5.41) is 9.69. The van der Waals surface area contributed by atoms with Crippen LogP contribution in [0.1, 0.15) is 11.3 Å². The highest BCUT2D eigenvalue weighted by molar-refractivity contribution is 7.98. The van der Waals surface area contributed by atoms with Crippen molar-refractivity contribution in [3.63, 3.8) is 0 Å². The zero-order chi connectivity index (χ0) is 17.1. The molecule has 3 aromatic rings. The maximum absolute atomic E-state index is 13.1. The van der Waals surface area contributed by atoms with Crippen LogP contribution in [0.2, 0.25) is 5.02 Å². The summed E-state index contributed by atoms with van der Waals surface area (Å²) in [5.41, 5.74) is 1.74. The predicted octanol–water partition coefficient (Wildman–Crippen LogP) is 5.12. The third-order valence-corrected chi connectivity index (χ3v) is 4.87. The first kappa shape index (κ1) is 16.8. The average molecular weight is 364 g/mol. The van der Waals surface area contributed by atoms with Crippen molar-refractivity contribution < 1.29 is 8.81 Å². The number of aryl methyl sites for hydroxylation is 1. The number of benzene rings is 1. The molecule has 7 heteroatoms. The lowest BCUT2D eigenvalue weighted by molar-refractivity contribution is 0.534. The number of aromatic nitrogens is 3. The Hall–Kier alpha value is -2.05. The fourth-order valence-corrected chi connectivity index (χ4v) is 3.55. The second-order valence-corrected chi connectivity index (χ2v) is 6.47. The highest BCUT2D eigenvalue weighted by Gasteiger charge is 2.17. The number of furan rings is 1. The van der Waals surface area contributed by atoms with Crippen LogP contribution in [0.4, 0.5) is 4.39 Å². The summed E-state index contributed by atoms with van der Waals surface area (Å²) in [6, 6.07) is 6.26. The van der Waals surface area contributed by atoms with Crippen molar-refractivity contribution >= 4 is 23.4 Å². The second kappa shape index (κ2) is 7.23. The molecule has 0 fully saturated rings. The lowest BCUT2D eigenvalue weighted by Crippen LogP contribution is -2.01. The van der Waals surface area contributed by atoms with Crippen LogP contribution >= 0.6 is 23.4 Å². The van der Waals surface area contributed by atoms with Gasteiger partial charge in [-0.05, 0) is 30.7 Å². The van der Waals surface area contributed by atoms with Crippen molar-refractivity contribution in [2.75, 3.05) is 0 Å². The molecule has 3 rings (SSSR count). The molecule has 0 aliphatic heterocycles. The fourth-order valence-electron chi connectivity index (χ4n) is 2.29. The van der Waals surface area contributed by atoms with Gasteiger partial charge in [0.25, 0.3) is 0 Å². The molecule has 0 aliphatic carbocycles. The van der Waals surface area contributed by atoms with E-state index in [0.717, 1.165) is 27.9 Å². The third kappa shape index (κ3) is 3.39. The zero-order valence-corrected chi connectivity index (χ0v) is 14.6. The summed E-state index contributed by atoms with van der Waals surface area (Å²) in [5.74, 6) is 1.74. The van der Waals surface area contributed by atoms with Crippen LogP contribution in [-0.2, 0) is 12.3 Å². The molecule has 0 unspecified atom stereocenters. The van der Waals surface area contributed by atoms with E-state index in [1.165, 1.54) is 23.9 Å². The number of hydrogen-bond donors (Lipinski definition) is 0. The molecule has 0 radical (unpaired) electrons. The number of thioether (sulfide) groups is 1. The lowest BCUT2D eigenvalue weighted by atomic mass is 10.2.